The summed E-state index contributed by atoms with van der Waals surface area (Å²) in [6.07, 6.45) is 0. The highest BCUT2D eigenvalue weighted by molar-refractivity contribution is 6.30. The Morgan fingerprint density at radius 1 is 0.963 bits per heavy atom. The number of ether oxygens (including phenoxy) is 2. The first-order valence-corrected chi connectivity index (χ1v) is 9.69. The van der Waals surface area contributed by atoms with E-state index in [1.165, 1.54) is 0 Å². The number of halogens is 1. The van der Waals surface area contributed by atoms with E-state index in [2.05, 4.69) is 4.90 Å². The van der Waals surface area contributed by atoms with Crippen LogP contribution in [-0.2, 0) is 0 Å². The van der Waals surface area contributed by atoms with Crippen LogP contribution in [0.1, 0.15) is 24.2 Å². The molecule has 1 aliphatic rings. The second kappa shape index (κ2) is 9.00. The van der Waals surface area contributed by atoms with Crippen molar-refractivity contribution in [3.05, 3.63) is 53.1 Å². The lowest BCUT2D eigenvalue weighted by atomic mass is 10.1. The molecule has 0 aromatic heterocycles. The topological polar surface area (TPSA) is 42.0 Å². The third-order valence-electron chi connectivity index (χ3n) is 4.53. The molecule has 0 N–H and O–H groups in total. The van der Waals surface area contributed by atoms with Gasteiger partial charge in [-0.05, 0) is 50.2 Å². The highest BCUT2D eigenvalue weighted by Crippen LogP contribution is 2.29. The van der Waals surface area contributed by atoms with Crippen molar-refractivity contribution < 1.29 is 14.3 Å². The van der Waals surface area contributed by atoms with Crippen LogP contribution in [0.25, 0.3) is 0 Å². The molecular weight excluding hydrogens is 364 g/mol. The van der Waals surface area contributed by atoms with Crippen LogP contribution in [0.15, 0.2) is 42.5 Å². The molecule has 1 saturated heterocycles. The number of hydrogen-bond acceptors (Lipinski definition) is 4. The molecule has 2 aromatic rings. The van der Waals surface area contributed by atoms with E-state index in [9.17, 15) is 4.79 Å². The molecule has 0 saturated carbocycles. The summed E-state index contributed by atoms with van der Waals surface area (Å²) in [6.45, 7) is 7.82. The zero-order valence-electron chi connectivity index (χ0n) is 15.8. The maximum absolute atomic E-state index is 12.9. The Morgan fingerprint density at radius 2 is 1.67 bits per heavy atom. The number of nitrogens with zero attached hydrogens (tertiary/aromatic N) is 2. The van der Waals surface area contributed by atoms with E-state index in [1.54, 1.807) is 12.1 Å². The van der Waals surface area contributed by atoms with Crippen LogP contribution in [0, 0.1) is 0 Å². The Labute approximate surface area is 165 Å². The molecular formula is C21H25ClN2O3. The Kier molecular flexibility index (Phi) is 6.45. The predicted molar refractivity (Wildman–Crippen MR) is 108 cm³/mol. The number of carbonyl (C=O) groups is 1. The lowest BCUT2D eigenvalue weighted by Crippen LogP contribution is -2.48. The molecule has 0 atom stereocenters. The quantitative estimate of drug-likeness (QED) is 0.747. The van der Waals surface area contributed by atoms with Crippen LogP contribution in [0.4, 0.5) is 5.69 Å². The van der Waals surface area contributed by atoms with E-state index < -0.39 is 0 Å². The summed E-state index contributed by atoms with van der Waals surface area (Å²) in [5.41, 5.74) is 1.72. The van der Waals surface area contributed by atoms with Crippen molar-refractivity contribution in [2.75, 3.05) is 44.3 Å². The van der Waals surface area contributed by atoms with E-state index >= 15 is 0 Å². The second-order valence-corrected chi connectivity index (χ2v) is 6.72. The molecule has 144 valence electrons. The third kappa shape index (κ3) is 4.66. The average molecular weight is 389 g/mol. The number of rotatable bonds is 6. The fraction of sp³-hybridized carbons (Fsp3) is 0.381. The number of carbonyl (C=O) groups excluding carboxylic acids is 1. The standard InChI is InChI=1S/C21H25ClN2O3/c1-3-26-19-9-8-16(14-20(19)27-4-2)21(25)24-12-10-23(11-13-24)18-7-5-6-17(22)15-18/h5-9,14-15H,3-4,10-13H2,1-2H3. The SMILES string of the molecule is CCOc1ccc(C(=O)N2CCN(c3cccc(Cl)c3)CC2)cc1OCC. The number of anilines is 1. The zero-order valence-corrected chi connectivity index (χ0v) is 16.5. The molecule has 1 fully saturated rings. The molecule has 2 aromatic carbocycles. The van der Waals surface area contributed by atoms with Gasteiger partial charge in [-0.3, -0.25) is 4.79 Å². The molecule has 0 radical (unpaired) electrons. The van der Waals surface area contributed by atoms with Gasteiger partial charge in [0.1, 0.15) is 0 Å². The van der Waals surface area contributed by atoms with E-state index in [1.807, 2.05) is 49.1 Å². The lowest BCUT2D eigenvalue weighted by molar-refractivity contribution is 0.0746. The van der Waals surface area contributed by atoms with Crippen LogP contribution >= 0.6 is 11.6 Å². The molecule has 1 heterocycles. The van der Waals surface area contributed by atoms with Crippen LogP contribution < -0.4 is 14.4 Å². The van der Waals surface area contributed by atoms with Gasteiger partial charge >= 0.3 is 0 Å². The molecule has 1 amide bonds. The summed E-state index contributed by atoms with van der Waals surface area (Å²) >= 11 is 6.09. The van der Waals surface area contributed by atoms with Crippen molar-refractivity contribution in [1.82, 2.24) is 4.90 Å². The third-order valence-corrected chi connectivity index (χ3v) is 4.77. The number of benzene rings is 2. The van der Waals surface area contributed by atoms with Crippen molar-refractivity contribution in [1.29, 1.82) is 0 Å². The van der Waals surface area contributed by atoms with E-state index in [-0.39, 0.29) is 5.91 Å². The minimum atomic E-state index is 0.0183. The van der Waals surface area contributed by atoms with Gasteiger partial charge in [0.05, 0.1) is 13.2 Å². The van der Waals surface area contributed by atoms with Crippen LogP contribution in [0.5, 0.6) is 11.5 Å². The van der Waals surface area contributed by atoms with Gasteiger partial charge in [0.15, 0.2) is 11.5 Å². The van der Waals surface area contributed by atoms with Gasteiger partial charge in [0.2, 0.25) is 0 Å². The lowest BCUT2D eigenvalue weighted by Gasteiger charge is -2.36. The molecule has 0 aliphatic carbocycles. The van der Waals surface area contributed by atoms with Crippen LogP contribution in [0.3, 0.4) is 0 Å². The largest absolute Gasteiger partial charge is 0.490 e. The first kappa shape index (κ1) is 19.4. The Hall–Kier alpha value is -2.40. The molecule has 3 rings (SSSR count). The fourth-order valence-electron chi connectivity index (χ4n) is 3.21. The predicted octanol–water partition coefficient (Wildman–Crippen LogP) is 4.10. The molecule has 27 heavy (non-hydrogen) atoms. The summed E-state index contributed by atoms with van der Waals surface area (Å²) < 4.78 is 11.2. The van der Waals surface area contributed by atoms with Crippen LogP contribution in [-0.4, -0.2) is 50.2 Å². The number of piperazine rings is 1. The van der Waals surface area contributed by atoms with Gasteiger partial charge in [-0.25, -0.2) is 0 Å². The maximum Gasteiger partial charge on any atom is 0.254 e. The van der Waals surface area contributed by atoms with E-state index in [4.69, 9.17) is 21.1 Å². The smallest absolute Gasteiger partial charge is 0.254 e. The van der Waals surface area contributed by atoms with Crippen molar-refractivity contribution in [3.8, 4) is 11.5 Å². The monoisotopic (exact) mass is 388 g/mol. The average Bonchev–Trinajstić information content (AvgIpc) is 2.69. The number of hydrogen-bond donors (Lipinski definition) is 0. The van der Waals surface area contributed by atoms with E-state index in [0.29, 0.717) is 43.4 Å². The normalized spacial score (nSPS) is 14.2. The zero-order chi connectivity index (χ0) is 19.2. The Morgan fingerprint density at radius 3 is 2.33 bits per heavy atom. The highest BCUT2D eigenvalue weighted by Gasteiger charge is 2.23. The number of amides is 1. The first-order valence-electron chi connectivity index (χ1n) is 9.31. The summed E-state index contributed by atoms with van der Waals surface area (Å²) in [6, 6.07) is 13.2. The minimum absolute atomic E-state index is 0.0183. The van der Waals surface area contributed by atoms with E-state index in [0.717, 1.165) is 23.8 Å². The van der Waals surface area contributed by atoms with Gasteiger partial charge in [-0.15, -0.1) is 0 Å². The molecule has 0 unspecified atom stereocenters. The van der Waals surface area contributed by atoms with Crippen molar-refractivity contribution in [2.24, 2.45) is 0 Å². The molecule has 6 heteroatoms. The Bertz CT molecular complexity index is 789. The molecule has 0 bridgehead atoms. The fourth-order valence-corrected chi connectivity index (χ4v) is 3.39. The summed E-state index contributed by atoms with van der Waals surface area (Å²) in [7, 11) is 0. The first-order chi connectivity index (χ1) is 13.1. The molecule has 0 spiro atoms. The summed E-state index contributed by atoms with van der Waals surface area (Å²) in [5, 5.41) is 0.726. The minimum Gasteiger partial charge on any atom is -0.490 e. The van der Waals surface area contributed by atoms with Crippen LogP contribution in [0.2, 0.25) is 5.02 Å². The summed E-state index contributed by atoms with van der Waals surface area (Å²) in [5.74, 6) is 1.30. The second-order valence-electron chi connectivity index (χ2n) is 6.29. The van der Waals surface area contributed by atoms with Crippen molar-refractivity contribution in [2.45, 2.75) is 13.8 Å². The van der Waals surface area contributed by atoms with Crippen molar-refractivity contribution in [3.63, 3.8) is 0 Å². The Balaban J connectivity index is 1.67. The summed E-state index contributed by atoms with van der Waals surface area (Å²) in [4.78, 5) is 17.0. The van der Waals surface area contributed by atoms with Gasteiger partial charge in [0.25, 0.3) is 5.91 Å². The van der Waals surface area contributed by atoms with Gasteiger partial charge < -0.3 is 19.3 Å². The highest BCUT2D eigenvalue weighted by atomic mass is 35.5. The molecule has 1 aliphatic heterocycles. The maximum atomic E-state index is 12.9. The molecule has 5 nitrogen and oxygen atoms in total. The van der Waals surface area contributed by atoms with Gasteiger partial charge in [-0.1, -0.05) is 17.7 Å². The van der Waals surface area contributed by atoms with Gasteiger partial charge in [-0.2, -0.15) is 0 Å². The van der Waals surface area contributed by atoms with Crippen molar-refractivity contribution >= 4 is 23.2 Å². The van der Waals surface area contributed by atoms with Gasteiger partial charge in [0, 0.05) is 42.5 Å².